The lowest BCUT2D eigenvalue weighted by Gasteiger charge is -2.22. The zero-order chi connectivity index (χ0) is 18.3. The minimum absolute atomic E-state index is 0.350. The third kappa shape index (κ3) is 2.99. The van der Waals surface area contributed by atoms with E-state index in [1.165, 1.54) is 13.8 Å². The lowest BCUT2D eigenvalue weighted by Crippen LogP contribution is -2.07. The number of carbonyl (C=O) groups is 2. The van der Waals surface area contributed by atoms with E-state index in [0.29, 0.717) is 18.1 Å². The van der Waals surface area contributed by atoms with E-state index in [4.69, 9.17) is 14.2 Å². The second-order valence-electron chi connectivity index (χ2n) is 6.15. The topological polar surface area (TPSA) is 61.8 Å². The smallest absolute Gasteiger partial charge is 0.308 e. The first kappa shape index (κ1) is 16.1. The molecule has 0 aromatic heterocycles. The van der Waals surface area contributed by atoms with Crippen molar-refractivity contribution in [3.63, 3.8) is 0 Å². The van der Waals surface area contributed by atoms with Crippen molar-refractivity contribution in [2.24, 2.45) is 0 Å². The molecule has 26 heavy (non-hydrogen) atoms. The van der Waals surface area contributed by atoms with Gasteiger partial charge in [0, 0.05) is 25.0 Å². The Morgan fingerprint density at radius 3 is 2.23 bits per heavy atom. The minimum Gasteiger partial charge on any atom is -0.488 e. The van der Waals surface area contributed by atoms with Gasteiger partial charge >= 0.3 is 11.9 Å². The van der Waals surface area contributed by atoms with E-state index in [0.717, 1.165) is 33.2 Å². The number of fused-ring (bicyclic) bond motifs is 4. The lowest BCUT2D eigenvalue weighted by atomic mass is 9.94. The summed E-state index contributed by atoms with van der Waals surface area (Å²) in [6.45, 7) is 3.15. The van der Waals surface area contributed by atoms with Gasteiger partial charge in [-0.25, -0.2) is 0 Å². The fourth-order valence-corrected chi connectivity index (χ4v) is 3.15. The highest BCUT2D eigenvalue weighted by atomic mass is 16.5. The van der Waals surface area contributed by atoms with Gasteiger partial charge < -0.3 is 14.2 Å². The maximum atomic E-state index is 11.1. The van der Waals surface area contributed by atoms with Crippen LogP contribution in [0.4, 0.5) is 0 Å². The molecule has 130 valence electrons. The number of ether oxygens (including phenoxy) is 3. The first-order chi connectivity index (χ1) is 12.5. The maximum absolute atomic E-state index is 11.1. The predicted octanol–water partition coefficient (Wildman–Crippen LogP) is 4.25. The van der Waals surface area contributed by atoms with Crippen LogP contribution in [0.25, 0.3) is 21.9 Å². The molecule has 0 unspecified atom stereocenters. The molecule has 0 saturated heterocycles. The molecule has 0 radical (unpaired) electrons. The molecule has 5 nitrogen and oxygen atoms in total. The van der Waals surface area contributed by atoms with Crippen molar-refractivity contribution in [1.82, 2.24) is 0 Å². The largest absolute Gasteiger partial charge is 0.488 e. The molecule has 0 N–H and O–H groups in total. The summed E-state index contributed by atoms with van der Waals surface area (Å²) in [5.41, 5.74) is 2.99. The predicted molar refractivity (Wildman–Crippen MR) is 96.3 cm³/mol. The molecule has 0 fully saturated rings. The van der Waals surface area contributed by atoms with Gasteiger partial charge in [0.1, 0.15) is 23.9 Å². The van der Waals surface area contributed by atoms with Crippen LogP contribution in [0, 0.1) is 0 Å². The van der Waals surface area contributed by atoms with Gasteiger partial charge in [-0.15, -0.1) is 0 Å². The average molecular weight is 348 g/mol. The Morgan fingerprint density at radius 1 is 0.808 bits per heavy atom. The third-order valence-corrected chi connectivity index (χ3v) is 4.18. The monoisotopic (exact) mass is 348 g/mol. The zero-order valence-electron chi connectivity index (χ0n) is 14.4. The molecule has 1 aliphatic rings. The third-order valence-electron chi connectivity index (χ3n) is 4.18. The Labute approximate surface area is 150 Å². The minimum atomic E-state index is -0.351. The molecule has 1 heterocycles. The van der Waals surface area contributed by atoms with E-state index >= 15 is 0 Å². The Hall–Kier alpha value is -3.34. The van der Waals surface area contributed by atoms with Crippen LogP contribution in [0.2, 0.25) is 0 Å². The van der Waals surface area contributed by atoms with E-state index in [9.17, 15) is 9.59 Å². The van der Waals surface area contributed by atoms with Crippen LogP contribution in [0.15, 0.2) is 48.5 Å². The zero-order valence-corrected chi connectivity index (χ0v) is 14.4. The summed E-state index contributed by atoms with van der Waals surface area (Å²) in [6, 6.07) is 15.0. The normalized spacial score (nSPS) is 11.9. The summed E-state index contributed by atoms with van der Waals surface area (Å²) in [6.07, 6.45) is 0. The first-order valence-electron chi connectivity index (χ1n) is 8.20. The van der Waals surface area contributed by atoms with E-state index in [2.05, 4.69) is 0 Å². The van der Waals surface area contributed by atoms with Crippen LogP contribution >= 0.6 is 0 Å². The van der Waals surface area contributed by atoms with Crippen LogP contribution < -0.4 is 14.2 Å². The highest BCUT2D eigenvalue weighted by molar-refractivity contribution is 5.93. The van der Waals surface area contributed by atoms with E-state index in [1.54, 1.807) is 12.1 Å². The van der Waals surface area contributed by atoms with Crippen molar-refractivity contribution in [2.75, 3.05) is 0 Å². The van der Waals surface area contributed by atoms with E-state index in [1.807, 2.05) is 36.4 Å². The molecule has 3 aromatic carbocycles. The van der Waals surface area contributed by atoms with Gasteiger partial charge in [-0.2, -0.15) is 0 Å². The number of benzene rings is 3. The molecule has 1 aliphatic heterocycles. The molecule has 0 amide bonds. The van der Waals surface area contributed by atoms with Crippen LogP contribution in [-0.4, -0.2) is 11.9 Å². The van der Waals surface area contributed by atoms with Crippen molar-refractivity contribution in [3.05, 3.63) is 54.1 Å². The number of rotatable bonds is 2. The standard InChI is InChI=1S/C21H16O5/c1-12(22)25-17-4-3-14-9-20-19-6-5-18(26-13(2)23)8-16(19)11-24-21(20)10-15(14)7-17/h3-10H,11H2,1-2H3. The second kappa shape index (κ2) is 6.19. The first-order valence-corrected chi connectivity index (χ1v) is 8.20. The number of esters is 2. The Morgan fingerprint density at radius 2 is 1.50 bits per heavy atom. The van der Waals surface area contributed by atoms with Gasteiger partial charge in [0.15, 0.2) is 0 Å². The average Bonchev–Trinajstić information content (AvgIpc) is 2.58. The molecule has 4 rings (SSSR count). The molecule has 0 saturated carbocycles. The van der Waals surface area contributed by atoms with E-state index in [-0.39, 0.29) is 11.9 Å². The Bertz CT molecular complexity index is 1050. The van der Waals surface area contributed by atoms with Crippen LogP contribution in [0.5, 0.6) is 17.2 Å². The summed E-state index contributed by atoms with van der Waals surface area (Å²) in [7, 11) is 0. The molecule has 5 heteroatoms. The molecular formula is C21H16O5. The fraction of sp³-hybridized carbons (Fsp3) is 0.143. The van der Waals surface area contributed by atoms with Gasteiger partial charge in [0.05, 0.1) is 0 Å². The fourth-order valence-electron chi connectivity index (χ4n) is 3.15. The molecule has 0 bridgehead atoms. The summed E-state index contributed by atoms with van der Waals surface area (Å²) in [5, 5.41) is 1.95. The van der Waals surface area contributed by atoms with Gasteiger partial charge in [-0.05, 0) is 52.7 Å². The molecule has 0 atom stereocenters. The van der Waals surface area contributed by atoms with Gasteiger partial charge in [-0.1, -0.05) is 12.1 Å². The number of hydrogen-bond acceptors (Lipinski definition) is 5. The van der Waals surface area contributed by atoms with Crippen molar-refractivity contribution >= 4 is 22.7 Å². The summed E-state index contributed by atoms with van der Waals surface area (Å²) in [5.74, 6) is 1.08. The Kier molecular flexibility index (Phi) is 3.84. The number of hydrogen-bond donors (Lipinski definition) is 0. The molecular weight excluding hydrogens is 332 g/mol. The van der Waals surface area contributed by atoms with Crippen LogP contribution in [0.3, 0.4) is 0 Å². The van der Waals surface area contributed by atoms with Crippen LogP contribution in [0.1, 0.15) is 19.4 Å². The quantitative estimate of drug-likeness (QED) is 0.512. The van der Waals surface area contributed by atoms with Crippen molar-refractivity contribution < 1.29 is 23.8 Å². The van der Waals surface area contributed by atoms with Crippen molar-refractivity contribution in [1.29, 1.82) is 0 Å². The van der Waals surface area contributed by atoms with Crippen LogP contribution in [-0.2, 0) is 16.2 Å². The highest BCUT2D eigenvalue weighted by Crippen LogP contribution is 2.41. The van der Waals surface area contributed by atoms with Crippen molar-refractivity contribution in [2.45, 2.75) is 20.5 Å². The summed E-state index contributed by atoms with van der Waals surface area (Å²) >= 11 is 0. The van der Waals surface area contributed by atoms with E-state index < -0.39 is 0 Å². The maximum Gasteiger partial charge on any atom is 0.308 e. The molecule has 0 spiro atoms. The lowest BCUT2D eigenvalue weighted by molar-refractivity contribution is -0.132. The number of carbonyl (C=O) groups excluding carboxylic acids is 2. The van der Waals surface area contributed by atoms with Gasteiger partial charge in [-0.3, -0.25) is 9.59 Å². The molecule has 0 aliphatic carbocycles. The van der Waals surface area contributed by atoms with Gasteiger partial charge in [0.2, 0.25) is 0 Å². The Balaban J connectivity index is 1.77. The van der Waals surface area contributed by atoms with Crippen molar-refractivity contribution in [3.8, 4) is 28.4 Å². The summed E-state index contributed by atoms with van der Waals surface area (Å²) in [4.78, 5) is 22.3. The van der Waals surface area contributed by atoms with Gasteiger partial charge in [0.25, 0.3) is 0 Å². The SMILES string of the molecule is CC(=O)Oc1ccc2c(c1)COc1cc3cc(OC(C)=O)ccc3cc1-2. The second-order valence-corrected chi connectivity index (χ2v) is 6.15. The molecule has 3 aromatic rings. The highest BCUT2D eigenvalue weighted by Gasteiger charge is 2.19. The summed E-state index contributed by atoms with van der Waals surface area (Å²) < 4.78 is 16.2.